The first kappa shape index (κ1) is 11.7. The van der Waals surface area contributed by atoms with Crippen LogP contribution >= 0.6 is 0 Å². The Bertz CT molecular complexity index is 474. The molecule has 7 heteroatoms. The molecule has 84 valence electrons. The molecule has 1 aromatic rings. The van der Waals surface area contributed by atoms with E-state index < -0.39 is 27.3 Å². The molecule has 0 atom stereocenters. The quantitative estimate of drug-likeness (QED) is 0.777. The maximum Gasteiger partial charge on any atom is 0.232 e. The largest absolute Gasteiger partial charge is 0.394 e. The molecule has 15 heavy (non-hydrogen) atoms. The van der Waals surface area contributed by atoms with Crippen LogP contribution in [-0.4, -0.2) is 14.2 Å². The number of anilines is 2. The van der Waals surface area contributed by atoms with E-state index in [0.717, 1.165) is 12.1 Å². The van der Waals surface area contributed by atoms with Crippen LogP contribution in [0.5, 0.6) is 0 Å². The summed E-state index contributed by atoms with van der Waals surface area (Å²) in [6.07, 6.45) is 0. The summed E-state index contributed by atoms with van der Waals surface area (Å²) >= 11 is 0. The van der Waals surface area contributed by atoms with E-state index in [1.54, 1.807) is 0 Å². The van der Waals surface area contributed by atoms with E-state index in [2.05, 4.69) is 0 Å². The van der Waals surface area contributed by atoms with E-state index in [9.17, 15) is 17.2 Å². The fourth-order valence-electron chi connectivity index (χ4n) is 0.888. The van der Waals surface area contributed by atoms with Crippen molar-refractivity contribution in [2.45, 2.75) is 6.92 Å². The summed E-state index contributed by atoms with van der Waals surface area (Å²) in [6, 6.07) is 1.88. The van der Waals surface area contributed by atoms with Gasteiger partial charge in [-0.25, -0.2) is 17.2 Å². The van der Waals surface area contributed by atoms with E-state index in [0.29, 0.717) is 0 Å². The topological polar surface area (TPSA) is 72.2 Å². The van der Waals surface area contributed by atoms with Crippen molar-refractivity contribution in [2.24, 2.45) is 0 Å². The summed E-state index contributed by atoms with van der Waals surface area (Å²) in [7, 11) is -3.59. The number of nitrogen functional groups attached to an aromatic ring is 1. The third-order valence-electron chi connectivity index (χ3n) is 1.77. The predicted molar refractivity (Wildman–Crippen MR) is 53.9 cm³/mol. The molecule has 1 aromatic carbocycles. The molecule has 0 saturated heterocycles. The second-order valence-corrected chi connectivity index (χ2v) is 4.84. The fraction of sp³-hybridized carbons (Fsp3) is 0.250. The van der Waals surface area contributed by atoms with Gasteiger partial charge < -0.3 is 5.73 Å². The Morgan fingerprint density at radius 1 is 1.40 bits per heavy atom. The van der Waals surface area contributed by atoms with E-state index in [1.165, 1.54) is 6.92 Å². The highest BCUT2D eigenvalue weighted by atomic mass is 32.2. The lowest BCUT2D eigenvalue weighted by molar-refractivity contribution is 0.589. The minimum atomic E-state index is -3.59. The Morgan fingerprint density at radius 3 is 2.53 bits per heavy atom. The number of halogens is 2. The zero-order valence-electron chi connectivity index (χ0n) is 7.92. The first-order valence-electron chi connectivity index (χ1n) is 4.11. The molecule has 0 aliphatic heterocycles. The molecule has 0 bridgehead atoms. The van der Waals surface area contributed by atoms with Crippen molar-refractivity contribution in [3.8, 4) is 0 Å². The molecule has 1 rings (SSSR count). The van der Waals surface area contributed by atoms with Crippen molar-refractivity contribution >= 4 is 21.4 Å². The number of sulfonamides is 1. The van der Waals surface area contributed by atoms with Crippen LogP contribution in [0, 0.1) is 11.6 Å². The van der Waals surface area contributed by atoms with Gasteiger partial charge in [0.1, 0.15) is 11.5 Å². The van der Waals surface area contributed by atoms with Crippen molar-refractivity contribution in [1.82, 2.24) is 0 Å². The number of rotatable bonds is 3. The monoisotopic (exact) mass is 236 g/mol. The number of nitrogens with two attached hydrogens (primary N) is 1. The van der Waals surface area contributed by atoms with Crippen molar-refractivity contribution < 1.29 is 17.2 Å². The van der Waals surface area contributed by atoms with Crippen LogP contribution in [0.2, 0.25) is 0 Å². The Hall–Kier alpha value is -1.37. The number of hydrogen-bond donors (Lipinski definition) is 2. The molecule has 0 unspecified atom stereocenters. The Morgan fingerprint density at radius 2 is 2.00 bits per heavy atom. The van der Waals surface area contributed by atoms with Crippen molar-refractivity contribution in [3.63, 3.8) is 0 Å². The first-order valence-corrected chi connectivity index (χ1v) is 5.76. The average Bonchev–Trinajstić information content (AvgIpc) is 2.19. The summed E-state index contributed by atoms with van der Waals surface area (Å²) in [5, 5.41) is 0. The average molecular weight is 236 g/mol. The molecule has 0 aromatic heterocycles. The van der Waals surface area contributed by atoms with Crippen LogP contribution in [0.25, 0.3) is 0 Å². The van der Waals surface area contributed by atoms with E-state index in [1.807, 2.05) is 4.72 Å². The van der Waals surface area contributed by atoms with Crippen molar-refractivity contribution in [2.75, 3.05) is 16.2 Å². The van der Waals surface area contributed by atoms with Gasteiger partial charge >= 0.3 is 0 Å². The van der Waals surface area contributed by atoms with Gasteiger partial charge in [0, 0.05) is 0 Å². The lowest BCUT2D eigenvalue weighted by atomic mass is 10.2. The molecule has 0 aliphatic carbocycles. The van der Waals surface area contributed by atoms with Crippen molar-refractivity contribution in [1.29, 1.82) is 0 Å². The zero-order chi connectivity index (χ0) is 11.6. The standard InChI is InChI=1S/C8H10F2N2O2S/c1-2-15(13,14)12-6-4-3-5(9)8(11)7(6)10/h3-4,12H,2,11H2,1H3. The van der Waals surface area contributed by atoms with Crippen LogP contribution in [0.1, 0.15) is 6.92 Å². The normalized spacial score (nSPS) is 11.4. The number of benzene rings is 1. The summed E-state index contributed by atoms with van der Waals surface area (Å²) in [5.74, 6) is -2.23. The molecule has 0 amide bonds. The summed E-state index contributed by atoms with van der Waals surface area (Å²) < 4.78 is 50.1. The molecule has 0 aliphatic rings. The Labute approximate surface area is 86.1 Å². The maximum absolute atomic E-state index is 13.2. The van der Waals surface area contributed by atoms with Gasteiger partial charge in [-0.05, 0) is 19.1 Å². The third-order valence-corrected chi connectivity index (χ3v) is 3.06. The molecular formula is C8H10F2N2O2S. The summed E-state index contributed by atoms with van der Waals surface area (Å²) in [6.45, 7) is 1.40. The van der Waals surface area contributed by atoms with Crippen LogP contribution in [0.15, 0.2) is 12.1 Å². The van der Waals surface area contributed by atoms with Gasteiger partial charge in [0.25, 0.3) is 0 Å². The van der Waals surface area contributed by atoms with Gasteiger partial charge in [0.05, 0.1) is 11.4 Å². The van der Waals surface area contributed by atoms with Crippen LogP contribution < -0.4 is 10.5 Å². The first-order chi connectivity index (χ1) is 6.87. The zero-order valence-corrected chi connectivity index (χ0v) is 8.74. The second-order valence-electron chi connectivity index (χ2n) is 2.83. The van der Waals surface area contributed by atoms with Gasteiger partial charge in [-0.15, -0.1) is 0 Å². The van der Waals surface area contributed by atoms with Gasteiger partial charge in [-0.2, -0.15) is 0 Å². The molecule has 0 heterocycles. The highest BCUT2D eigenvalue weighted by molar-refractivity contribution is 7.92. The third kappa shape index (κ3) is 2.56. The summed E-state index contributed by atoms with van der Waals surface area (Å²) in [5.41, 5.74) is 4.00. The van der Waals surface area contributed by atoms with Crippen LogP contribution in [0.3, 0.4) is 0 Å². The number of nitrogens with one attached hydrogen (secondary N) is 1. The molecule has 0 radical (unpaired) electrons. The highest BCUT2D eigenvalue weighted by Gasteiger charge is 2.14. The van der Waals surface area contributed by atoms with E-state index in [-0.39, 0.29) is 11.4 Å². The Balaban J connectivity index is 3.13. The van der Waals surface area contributed by atoms with Crippen molar-refractivity contribution in [3.05, 3.63) is 23.8 Å². The van der Waals surface area contributed by atoms with Gasteiger partial charge in [-0.1, -0.05) is 0 Å². The molecule has 0 fully saturated rings. The van der Waals surface area contributed by atoms with E-state index in [4.69, 9.17) is 5.73 Å². The molecule has 4 nitrogen and oxygen atoms in total. The van der Waals surface area contributed by atoms with E-state index >= 15 is 0 Å². The lowest BCUT2D eigenvalue weighted by Gasteiger charge is -2.08. The van der Waals surface area contributed by atoms with Gasteiger partial charge in [-0.3, -0.25) is 4.72 Å². The minimum Gasteiger partial charge on any atom is -0.394 e. The summed E-state index contributed by atoms with van der Waals surface area (Å²) in [4.78, 5) is 0. The fourth-order valence-corrected chi connectivity index (χ4v) is 1.52. The maximum atomic E-state index is 13.2. The molecule has 0 spiro atoms. The minimum absolute atomic E-state index is 0.205. The number of hydrogen-bond acceptors (Lipinski definition) is 3. The smallest absolute Gasteiger partial charge is 0.232 e. The van der Waals surface area contributed by atoms with Gasteiger partial charge in [0.2, 0.25) is 10.0 Å². The second kappa shape index (κ2) is 4.01. The SMILES string of the molecule is CCS(=O)(=O)Nc1ccc(F)c(N)c1F. The highest BCUT2D eigenvalue weighted by Crippen LogP contribution is 2.23. The predicted octanol–water partition coefficient (Wildman–Crippen LogP) is 1.31. The molecular weight excluding hydrogens is 226 g/mol. The van der Waals surface area contributed by atoms with Crippen LogP contribution in [0.4, 0.5) is 20.2 Å². The van der Waals surface area contributed by atoms with Crippen LogP contribution in [-0.2, 0) is 10.0 Å². The lowest BCUT2D eigenvalue weighted by Crippen LogP contribution is -2.16. The Kier molecular flexibility index (Phi) is 3.13. The van der Waals surface area contributed by atoms with Gasteiger partial charge in [0.15, 0.2) is 5.82 Å². The molecule has 3 N–H and O–H groups in total. The molecule has 0 saturated carbocycles.